The Hall–Kier alpha value is -1.08. The molecule has 0 heterocycles. The Balaban J connectivity index is 3.54. The van der Waals surface area contributed by atoms with Crippen LogP contribution in [0.4, 0.5) is 0 Å². The van der Waals surface area contributed by atoms with Gasteiger partial charge in [0.25, 0.3) is 0 Å². The molecular weight excluding hydrogens is 232 g/mol. The van der Waals surface area contributed by atoms with Gasteiger partial charge in [0, 0.05) is 25.1 Å². The number of ketones is 1. The highest BCUT2D eigenvalue weighted by Crippen LogP contribution is 1.98. The summed E-state index contributed by atoms with van der Waals surface area (Å²) < 4.78 is 4.24. The molecule has 0 aliphatic rings. The molecule has 0 bridgehead atoms. The van der Waals surface area contributed by atoms with Crippen molar-refractivity contribution in [1.82, 2.24) is 5.32 Å². The van der Waals surface area contributed by atoms with Crippen molar-refractivity contribution in [2.24, 2.45) is 5.14 Å². The van der Waals surface area contributed by atoms with E-state index in [1.165, 1.54) is 0 Å². The summed E-state index contributed by atoms with van der Waals surface area (Å²) in [6.45, 7) is 0.505. The van der Waals surface area contributed by atoms with E-state index >= 15 is 0 Å². The van der Waals surface area contributed by atoms with E-state index in [1.54, 1.807) is 0 Å². The van der Waals surface area contributed by atoms with Crippen LogP contribution in [0, 0.1) is 0 Å². The molecule has 0 aromatic heterocycles. The number of hydrogen-bond acceptors (Lipinski definition) is 6. The van der Waals surface area contributed by atoms with Gasteiger partial charge in [0.05, 0.1) is 7.11 Å². The Bertz CT molecular complexity index is 258. The van der Waals surface area contributed by atoms with Crippen LogP contribution in [0.25, 0.3) is 0 Å². The van der Waals surface area contributed by atoms with Crippen molar-refractivity contribution < 1.29 is 19.1 Å². The summed E-state index contributed by atoms with van der Waals surface area (Å²) in [5.41, 5.74) is 0. The van der Waals surface area contributed by atoms with Gasteiger partial charge in [0.2, 0.25) is 11.7 Å². The second kappa shape index (κ2) is 9.17. The highest BCUT2D eigenvalue weighted by atomic mass is 32.2. The van der Waals surface area contributed by atoms with Gasteiger partial charge < -0.3 is 10.1 Å². The van der Waals surface area contributed by atoms with Gasteiger partial charge in [-0.3, -0.25) is 14.7 Å². The molecule has 3 N–H and O–H groups in total. The van der Waals surface area contributed by atoms with Gasteiger partial charge in [-0.15, -0.1) is 0 Å². The average Bonchev–Trinajstić information content (AvgIpc) is 2.28. The molecule has 0 aromatic carbocycles. The van der Waals surface area contributed by atoms with E-state index in [-0.39, 0.29) is 18.7 Å². The summed E-state index contributed by atoms with van der Waals surface area (Å²) >= 11 is 1.15. The number of nitrogens with two attached hydrogens (primary N) is 1. The largest absolute Gasteiger partial charge is 0.463 e. The number of nitrogens with one attached hydrogen (secondary N) is 1. The van der Waals surface area contributed by atoms with Crippen LogP contribution in [0.2, 0.25) is 0 Å². The lowest BCUT2D eigenvalue weighted by Gasteiger charge is -2.03. The molecule has 0 rings (SSSR count). The minimum absolute atomic E-state index is 0.0335. The lowest BCUT2D eigenvalue weighted by molar-refractivity contribution is -0.151. The van der Waals surface area contributed by atoms with Crippen LogP contribution in [-0.4, -0.2) is 37.1 Å². The van der Waals surface area contributed by atoms with E-state index in [1.807, 2.05) is 0 Å². The fraction of sp³-hybridized carbons (Fsp3) is 0.667. The average molecular weight is 248 g/mol. The molecule has 0 spiro atoms. The Kier molecular flexibility index (Phi) is 8.55. The molecule has 6 nitrogen and oxygen atoms in total. The van der Waals surface area contributed by atoms with Gasteiger partial charge in [-0.2, -0.15) is 0 Å². The Labute approximate surface area is 98.4 Å². The first kappa shape index (κ1) is 14.9. The molecule has 0 unspecified atom stereocenters. The van der Waals surface area contributed by atoms with Gasteiger partial charge in [-0.25, -0.2) is 4.79 Å². The van der Waals surface area contributed by atoms with Crippen molar-refractivity contribution in [2.75, 3.05) is 19.4 Å². The third-order valence-corrected chi connectivity index (χ3v) is 2.20. The first-order valence-electron chi connectivity index (χ1n) is 4.81. The smallest absolute Gasteiger partial charge is 0.374 e. The fourth-order valence-corrected chi connectivity index (χ4v) is 1.18. The molecule has 0 radical (unpaired) electrons. The van der Waals surface area contributed by atoms with Crippen LogP contribution >= 0.6 is 11.9 Å². The Morgan fingerprint density at radius 2 is 2.00 bits per heavy atom. The van der Waals surface area contributed by atoms with Gasteiger partial charge in [-0.05, 0) is 6.42 Å². The second-order valence-electron chi connectivity index (χ2n) is 2.99. The molecule has 0 saturated carbocycles. The molecule has 0 atom stereocenters. The molecule has 92 valence electrons. The molecule has 0 aromatic rings. The molecule has 16 heavy (non-hydrogen) atoms. The number of carbonyl (C=O) groups is 3. The fourth-order valence-electron chi connectivity index (χ4n) is 0.963. The summed E-state index contributed by atoms with van der Waals surface area (Å²) in [5.74, 6) is -0.966. The third-order valence-electron chi connectivity index (χ3n) is 1.76. The van der Waals surface area contributed by atoms with E-state index in [0.29, 0.717) is 18.7 Å². The van der Waals surface area contributed by atoms with Crippen LogP contribution in [0.5, 0.6) is 0 Å². The van der Waals surface area contributed by atoms with Crippen molar-refractivity contribution in [1.29, 1.82) is 0 Å². The summed E-state index contributed by atoms with van der Waals surface area (Å²) in [6.07, 6.45) is 0.596. The third kappa shape index (κ3) is 7.24. The molecule has 0 aliphatic carbocycles. The normalized spacial score (nSPS) is 9.62. The van der Waals surface area contributed by atoms with Crippen LogP contribution in [0.15, 0.2) is 0 Å². The van der Waals surface area contributed by atoms with Gasteiger partial charge in [-0.1, -0.05) is 11.9 Å². The maximum absolute atomic E-state index is 11.2. The number of methoxy groups -OCH3 is 1. The van der Waals surface area contributed by atoms with Crippen LogP contribution in [0.1, 0.15) is 19.3 Å². The summed E-state index contributed by atoms with van der Waals surface area (Å²) in [6, 6.07) is 0. The predicted octanol–water partition coefficient (Wildman–Crippen LogP) is -0.378. The SMILES string of the molecule is COC(=O)C(=O)CCCC(=O)NCCSN. The minimum atomic E-state index is -0.861. The zero-order valence-electron chi connectivity index (χ0n) is 9.15. The first-order chi connectivity index (χ1) is 7.61. The number of amides is 1. The Morgan fingerprint density at radius 3 is 2.56 bits per heavy atom. The van der Waals surface area contributed by atoms with E-state index < -0.39 is 11.8 Å². The standard InChI is InChI=1S/C9H16N2O4S/c1-15-9(14)7(12)3-2-4-8(13)11-5-6-16-10/h2-6,10H2,1H3,(H,11,13). The van der Waals surface area contributed by atoms with Crippen LogP contribution in [0.3, 0.4) is 0 Å². The van der Waals surface area contributed by atoms with E-state index in [9.17, 15) is 14.4 Å². The van der Waals surface area contributed by atoms with Crippen molar-refractivity contribution in [3.05, 3.63) is 0 Å². The van der Waals surface area contributed by atoms with Crippen LogP contribution < -0.4 is 10.5 Å². The van der Waals surface area contributed by atoms with E-state index in [4.69, 9.17) is 5.14 Å². The number of hydrogen-bond donors (Lipinski definition) is 2. The lowest BCUT2D eigenvalue weighted by Crippen LogP contribution is -2.26. The number of ether oxygens (including phenoxy) is 1. The molecule has 1 amide bonds. The van der Waals surface area contributed by atoms with E-state index in [0.717, 1.165) is 19.1 Å². The van der Waals surface area contributed by atoms with Crippen molar-refractivity contribution in [2.45, 2.75) is 19.3 Å². The lowest BCUT2D eigenvalue weighted by atomic mass is 10.1. The zero-order chi connectivity index (χ0) is 12.4. The number of carbonyl (C=O) groups excluding carboxylic acids is 3. The number of Topliss-reactive ketones (excluding diaryl/α,β-unsaturated/α-hetero) is 1. The summed E-state index contributed by atoms with van der Waals surface area (Å²) in [5, 5.41) is 7.81. The molecule has 0 fully saturated rings. The summed E-state index contributed by atoms with van der Waals surface area (Å²) in [7, 11) is 1.15. The first-order valence-corrected chi connectivity index (χ1v) is 5.86. The van der Waals surface area contributed by atoms with Gasteiger partial charge in [0.15, 0.2) is 0 Å². The maximum atomic E-state index is 11.2. The maximum Gasteiger partial charge on any atom is 0.374 e. The van der Waals surface area contributed by atoms with E-state index in [2.05, 4.69) is 10.1 Å². The van der Waals surface area contributed by atoms with Crippen molar-refractivity contribution >= 4 is 29.6 Å². The van der Waals surface area contributed by atoms with Gasteiger partial charge in [0.1, 0.15) is 0 Å². The number of rotatable bonds is 8. The Morgan fingerprint density at radius 1 is 1.31 bits per heavy atom. The molecular formula is C9H16N2O4S. The second-order valence-corrected chi connectivity index (χ2v) is 3.73. The zero-order valence-corrected chi connectivity index (χ0v) is 9.97. The van der Waals surface area contributed by atoms with Gasteiger partial charge >= 0.3 is 5.97 Å². The number of esters is 1. The monoisotopic (exact) mass is 248 g/mol. The van der Waals surface area contributed by atoms with Crippen molar-refractivity contribution in [3.8, 4) is 0 Å². The van der Waals surface area contributed by atoms with Crippen LogP contribution in [-0.2, 0) is 19.1 Å². The van der Waals surface area contributed by atoms with Crippen molar-refractivity contribution in [3.63, 3.8) is 0 Å². The highest BCUT2D eigenvalue weighted by molar-refractivity contribution is 7.97. The summed E-state index contributed by atoms with van der Waals surface area (Å²) in [4.78, 5) is 32.8. The quantitative estimate of drug-likeness (QED) is 0.263. The highest BCUT2D eigenvalue weighted by Gasteiger charge is 2.13. The topological polar surface area (TPSA) is 98.5 Å². The minimum Gasteiger partial charge on any atom is -0.463 e. The predicted molar refractivity (Wildman–Crippen MR) is 60.5 cm³/mol. The molecule has 0 saturated heterocycles. The molecule has 0 aliphatic heterocycles. The molecule has 7 heteroatoms.